The van der Waals surface area contributed by atoms with E-state index in [1.165, 1.54) is 43.8 Å². The van der Waals surface area contributed by atoms with Gasteiger partial charge in [-0.1, -0.05) is 24.3 Å². The normalized spacial score (nSPS) is 11.6. The number of amides is 1. The fraction of sp³-hybridized carbons (Fsp3) is 0.167. The first-order valence-corrected chi connectivity index (χ1v) is 16.0. The minimum Gasteiger partial charge on any atom is -0.473 e. The largest absolute Gasteiger partial charge is 0.473 e. The summed E-state index contributed by atoms with van der Waals surface area (Å²) >= 11 is 1.26. The molecular weight excluding hydrogens is 666 g/mol. The number of benzene rings is 3. The van der Waals surface area contributed by atoms with Crippen molar-refractivity contribution in [2.45, 2.75) is 25.7 Å². The highest BCUT2D eigenvalue weighted by Gasteiger charge is 2.24. The molecule has 0 spiro atoms. The first kappa shape index (κ1) is 33.8. The van der Waals surface area contributed by atoms with E-state index < -0.39 is 29.6 Å². The molecule has 1 N–H and O–H groups in total. The summed E-state index contributed by atoms with van der Waals surface area (Å²) in [4.78, 5) is 38.7. The number of esters is 1. The van der Waals surface area contributed by atoms with Crippen LogP contribution in [0.25, 0.3) is 22.3 Å². The number of pyridine rings is 1. The van der Waals surface area contributed by atoms with Crippen LogP contribution in [0.3, 0.4) is 0 Å². The summed E-state index contributed by atoms with van der Waals surface area (Å²) in [5.41, 5.74) is 3.05. The van der Waals surface area contributed by atoms with Gasteiger partial charge in [-0.3, -0.25) is 10.1 Å². The summed E-state index contributed by atoms with van der Waals surface area (Å²) in [6.45, 7) is -0.104. The molecule has 3 aromatic carbocycles. The maximum Gasteiger partial charge on any atom is 0.337 e. The first-order chi connectivity index (χ1) is 24.3. The molecule has 14 heteroatoms. The summed E-state index contributed by atoms with van der Waals surface area (Å²) in [6.07, 6.45) is 0.643. The number of fused-ring (bicyclic) bond motifs is 1. The quantitative estimate of drug-likeness (QED) is 0.146. The average molecular weight is 695 g/mol. The van der Waals surface area contributed by atoms with Crippen LogP contribution < -0.4 is 10.1 Å². The van der Waals surface area contributed by atoms with Gasteiger partial charge in [0.25, 0.3) is 5.91 Å². The van der Waals surface area contributed by atoms with Crippen LogP contribution in [0.5, 0.6) is 5.88 Å². The molecule has 0 bridgehead atoms. The van der Waals surface area contributed by atoms with Crippen molar-refractivity contribution in [1.82, 2.24) is 19.5 Å². The first-order valence-electron chi connectivity index (χ1n) is 15.1. The third-order valence-electron chi connectivity index (χ3n) is 7.81. The molecule has 1 atom stereocenters. The van der Waals surface area contributed by atoms with E-state index in [2.05, 4.69) is 15.3 Å². The Morgan fingerprint density at radius 3 is 2.54 bits per heavy atom. The predicted octanol–water partition coefficient (Wildman–Crippen LogP) is 6.31. The van der Waals surface area contributed by atoms with E-state index >= 15 is 4.39 Å². The molecule has 1 amide bonds. The molecule has 3 aromatic heterocycles. The number of rotatable bonds is 12. The fourth-order valence-electron chi connectivity index (χ4n) is 5.22. The zero-order valence-corrected chi connectivity index (χ0v) is 27.5. The van der Waals surface area contributed by atoms with Crippen LogP contribution in [0.2, 0.25) is 0 Å². The molecule has 0 aliphatic carbocycles. The van der Waals surface area contributed by atoms with Crippen LogP contribution in [0.4, 0.5) is 13.9 Å². The molecule has 3 heterocycles. The fourth-order valence-corrected chi connectivity index (χ4v) is 5.75. The Bertz CT molecular complexity index is 2230. The summed E-state index contributed by atoms with van der Waals surface area (Å²) in [6, 6.07) is 20.5. The number of hydrogen-bond acceptors (Lipinski definition) is 10. The molecule has 11 nitrogen and oxygen atoms in total. The Morgan fingerprint density at radius 1 is 1.00 bits per heavy atom. The van der Waals surface area contributed by atoms with Gasteiger partial charge in [-0.15, -0.1) is 11.3 Å². The Morgan fingerprint density at radius 2 is 1.82 bits per heavy atom. The van der Waals surface area contributed by atoms with E-state index in [1.54, 1.807) is 64.7 Å². The lowest BCUT2D eigenvalue weighted by atomic mass is 10.1. The van der Waals surface area contributed by atoms with E-state index in [0.29, 0.717) is 38.8 Å². The second-order valence-corrected chi connectivity index (χ2v) is 11.8. The van der Waals surface area contributed by atoms with Crippen LogP contribution in [0, 0.1) is 23.0 Å². The second kappa shape index (κ2) is 15.0. The number of methoxy groups -OCH3 is 2. The van der Waals surface area contributed by atoms with Crippen LogP contribution in [0.15, 0.2) is 84.4 Å². The van der Waals surface area contributed by atoms with Crippen molar-refractivity contribution in [3.05, 3.63) is 124 Å². The molecule has 6 aromatic rings. The van der Waals surface area contributed by atoms with Crippen LogP contribution in [-0.4, -0.2) is 51.7 Å². The number of carbonyl (C=O) groups excluding carboxylic acids is 2. The van der Waals surface area contributed by atoms with Crippen LogP contribution in [0.1, 0.15) is 32.9 Å². The zero-order chi connectivity index (χ0) is 35.2. The van der Waals surface area contributed by atoms with Gasteiger partial charge in [0, 0.05) is 42.3 Å². The number of anilines is 1. The summed E-state index contributed by atoms with van der Waals surface area (Å²) in [7, 11) is 2.69. The van der Waals surface area contributed by atoms with Gasteiger partial charge in [-0.2, -0.15) is 5.26 Å². The maximum atomic E-state index is 15.8. The third kappa shape index (κ3) is 7.49. The topological polar surface area (TPSA) is 141 Å². The van der Waals surface area contributed by atoms with E-state index in [-0.39, 0.29) is 42.1 Å². The Kier molecular flexibility index (Phi) is 10.2. The number of ether oxygens (including phenoxy) is 3. The molecule has 0 aliphatic heterocycles. The van der Waals surface area contributed by atoms with E-state index in [4.69, 9.17) is 24.5 Å². The van der Waals surface area contributed by atoms with Gasteiger partial charge in [-0.05, 0) is 48.0 Å². The van der Waals surface area contributed by atoms with Crippen molar-refractivity contribution in [3.8, 4) is 23.2 Å². The number of nitriles is 1. The van der Waals surface area contributed by atoms with Gasteiger partial charge < -0.3 is 18.8 Å². The number of carbonyl (C=O) groups is 2. The third-order valence-corrected chi connectivity index (χ3v) is 8.50. The van der Waals surface area contributed by atoms with Gasteiger partial charge >= 0.3 is 5.97 Å². The average Bonchev–Trinajstić information content (AvgIpc) is 3.77. The SMILES string of the molecule is COC(=O)c1ccc2nc(Cc3ccc(-c4cccc(OCc5ccc(C#N)cc5F)n4)cc3F)n(C[C@H](OC)C(=O)Nc3nccs3)c2c1. The number of halogens is 2. The van der Waals surface area contributed by atoms with Crippen molar-refractivity contribution in [2.75, 3.05) is 19.5 Å². The molecule has 0 aliphatic rings. The van der Waals surface area contributed by atoms with Gasteiger partial charge in [0.2, 0.25) is 5.88 Å². The van der Waals surface area contributed by atoms with Crippen molar-refractivity contribution in [3.63, 3.8) is 0 Å². The predicted molar refractivity (Wildman–Crippen MR) is 180 cm³/mol. The van der Waals surface area contributed by atoms with Crippen molar-refractivity contribution < 1.29 is 32.6 Å². The number of thiazole rings is 1. The number of aromatic nitrogens is 4. The number of hydrogen-bond donors (Lipinski definition) is 1. The lowest BCUT2D eigenvalue weighted by Crippen LogP contribution is -2.34. The Labute approximate surface area is 288 Å². The lowest BCUT2D eigenvalue weighted by Gasteiger charge is -2.18. The van der Waals surface area contributed by atoms with Crippen LogP contribution >= 0.6 is 11.3 Å². The summed E-state index contributed by atoms with van der Waals surface area (Å²) in [5, 5.41) is 13.8. The number of nitrogens with one attached hydrogen (secondary N) is 1. The van der Waals surface area contributed by atoms with E-state index in [0.717, 1.165) is 6.07 Å². The highest BCUT2D eigenvalue weighted by Crippen LogP contribution is 2.27. The molecule has 0 saturated carbocycles. The molecule has 0 radical (unpaired) electrons. The summed E-state index contributed by atoms with van der Waals surface area (Å²) in [5.74, 6) is -1.42. The minimum absolute atomic E-state index is 0.00689. The molecule has 6 rings (SSSR count). The highest BCUT2D eigenvalue weighted by atomic mass is 32.1. The molecule has 252 valence electrons. The molecule has 0 fully saturated rings. The van der Waals surface area contributed by atoms with Gasteiger partial charge in [0.1, 0.15) is 24.1 Å². The Hall–Kier alpha value is -6.04. The number of imidazole rings is 1. The molecule has 50 heavy (non-hydrogen) atoms. The molecule has 0 saturated heterocycles. The maximum absolute atomic E-state index is 15.8. The van der Waals surface area contributed by atoms with Gasteiger partial charge in [-0.25, -0.2) is 28.5 Å². The molecular formula is C36H28F2N6O5S. The highest BCUT2D eigenvalue weighted by molar-refractivity contribution is 7.13. The van der Waals surface area contributed by atoms with E-state index in [1.807, 2.05) is 6.07 Å². The summed E-state index contributed by atoms with van der Waals surface area (Å²) < 4.78 is 47.9. The van der Waals surface area contributed by atoms with E-state index in [9.17, 15) is 14.0 Å². The molecule has 0 unspecified atom stereocenters. The van der Waals surface area contributed by atoms with Gasteiger partial charge in [0.15, 0.2) is 11.2 Å². The van der Waals surface area contributed by atoms with Gasteiger partial charge in [0.05, 0.1) is 47.6 Å². The monoisotopic (exact) mass is 694 g/mol. The number of nitrogens with zero attached hydrogens (tertiary/aromatic N) is 5. The van der Waals surface area contributed by atoms with Crippen molar-refractivity contribution >= 4 is 39.4 Å². The Balaban J connectivity index is 1.26. The standard InChI is InChI=1S/C36H28F2N6O5S/c1-47-31(34(45)43-36-40-12-13-50-36)19-44-30-16-24(35(46)48-2)10-11-29(30)41-32(44)17-22-8-9-23(15-27(22)38)28-4-3-5-33(42-28)49-20-25-7-6-21(18-39)14-26(25)37/h3-16,31H,17,19-20H2,1-2H3,(H,40,43,45)/t31-/m0/s1. The van der Waals surface area contributed by atoms with Crippen molar-refractivity contribution in [1.29, 1.82) is 5.26 Å². The van der Waals surface area contributed by atoms with Crippen LogP contribution in [-0.2, 0) is 33.8 Å². The lowest BCUT2D eigenvalue weighted by molar-refractivity contribution is -0.126. The van der Waals surface area contributed by atoms with Crippen molar-refractivity contribution in [2.24, 2.45) is 0 Å². The zero-order valence-electron chi connectivity index (χ0n) is 26.7. The second-order valence-electron chi connectivity index (χ2n) is 10.9. The minimum atomic E-state index is -0.974. The smallest absolute Gasteiger partial charge is 0.337 e.